The van der Waals surface area contributed by atoms with Gasteiger partial charge < -0.3 is 14.5 Å². The second-order valence-electron chi connectivity index (χ2n) is 6.53. The second-order valence-corrected chi connectivity index (χ2v) is 6.53. The zero-order valence-electron chi connectivity index (χ0n) is 14.0. The first-order chi connectivity index (χ1) is 12.0. The number of aromatic nitrogens is 2. The van der Waals surface area contributed by atoms with E-state index in [9.17, 15) is 9.18 Å². The number of rotatable bonds is 2. The first-order valence-electron chi connectivity index (χ1n) is 8.16. The molecule has 0 bridgehead atoms. The van der Waals surface area contributed by atoms with E-state index in [1.54, 1.807) is 18.3 Å². The van der Waals surface area contributed by atoms with Crippen LogP contribution in [0.3, 0.4) is 0 Å². The number of carbonyl (C=O) groups excluding carboxylic acids is 1. The van der Waals surface area contributed by atoms with Crippen molar-refractivity contribution in [3.8, 4) is 5.75 Å². The topological polar surface area (TPSA) is 55.6 Å². The quantitative estimate of drug-likeness (QED) is 0.780. The lowest BCUT2D eigenvalue weighted by Crippen LogP contribution is -2.46. The lowest BCUT2D eigenvalue weighted by molar-refractivity contribution is 0.0874. The molecule has 0 aliphatic carbocycles. The Labute approximate surface area is 144 Å². The Hall–Kier alpha value is -2.89. The van der Waals surface area contributed by atoms with E-state index in [1.807, 2.05) is 30.5 Å². The predicted molar refractivity (Wildman–Crippen MR) is 91.3 cm³/mol. The summed E-state index contributed by atoms with van der Waals surface area (Å²) in [7, 11) is 0. The van der Waals surface area contributed by atoms with Crippen molar-refractivity contribution in [3.05, 3.63) is 65.4 Å². The summed E-state index contributed by atoms with van der Waals surface area (Å²) in [6.07, 6.45) is 4.07. The molecule has 1 aliphatic rings. The van der Waals surface area contributed by atoms with Crippen LogP contribution in [-0.2, 0) is 5.54 Å². The molecule has 25 heavy (non-hydrogen) atoms. The van der Waals surface area contributed by atoms with E-state index in [2.05, 4.69) is 10.3 Å². The first-order valence-corrected chi connectivity index (χ1v) is 8.16. The Morgan fingerprint density at radius 3 is 3.04 bits per heavy atom. The number of hydrogen-bond donors (Lipinski definition) is 1. The molecule has 2 aromatic heterocycles. The Morgan fingerprint density at radius 1 is 1.36 bits per heavy atom. The van der Waals surface area contributed by atoms with Crippen LogP contribution in [-0.4, -0.2) is 21.9 Å². The molecule has 0 saturated heterocycles. The van der Waals surface area contributed by atoms with E-state index >= 15 is 0 Å². The van der Waals surface area contributed by atoms with E-state index in [-0.39, 0.29) is 11.7 Å². The lowest BCUT2D eigenvalue weighted by atomic mass is 9.86. The van der Waals surface area contributed by atoms with Gasteiger partial charge in [0.15, 0.2) is 0 Å². The van der Waals surface area contributed by atoms with Gasteiger partial charge in [-0.1, -0.05) is 0 Å². The van der Waals surface area contributed by atoms with E-state index in [0.29, 0.717) is 35.6 Å². The van der Waals surface area contributed by atoms with Gasteiger partial charge in [0.2, 0.25) is 0 Å². The third-order valence-corrected chi connectivity index (χ3v) is 4.78. The lowest BCUT2D eigenvalue weighted by Gasteiger charge is -2.36. The molecule has 1 aromatic carbocycles. The molecule has 1 unspecified atom stereocenters. The molecular weight excluding hydrogens is 321 g/mol. The molecule has 1 N–H and O–H groups in total. The van der Waals surface area contributed by atoms with Gasteiger partial charge >= 0.3 is 0 Å². The molecule has 128 valence electrons. The minimum Gasteiger partial charge on any atom is -0.493 e. The molecule has 0 saturated carbocycles. The van der Waals surface area contributed by atoms with Crippen molar-refractivity contribution in [2.75, 3.05) is 6.61 Å². The normalized spacial score (nSPS) is 19.3. The highest BCUT2D eigenvalue weighted by molar-refractivity contribution is 6.00. The average Bonchev–Trinajstić information content (AvgIpc) is 3.01. The van der Waals surface area contributed by atoms with Crippen LogP contribution in [0.2, 0.25) is 0 Å². The monoisotopic (exact) mass is 339 g/mol. The third-order valence-electron chi connectivity index (χ3n) is 4.78. The van der Waals surface area contributed by atoms with Gasteiger partial charge in [-0.3, -0.25) is 4.79 Å². The summed E-state index contributed by atoms with van der Waals surface area (Å²) < 4.78 is 21.2. The molecule has 5 nitrogen and oxygen atoms in total. The van der Waals surface area contributed by atoms with Gasteiger partial charge in [0.25, 0.3) is 5.91 Å². The molecular formula is C19H18FN3O2. The fourth-order valence-corrected chi connectivity index (χ4v) is 3.32. The van der Waals surface area contributed by atoms with Gasteiger partial charge in [-0.05, 0) is 44.2 Å². The zero-order valence-corrected chi connectivity index (χ0v) is 14.0. The number of nitrogens with one attached hydrogen (secondary N) is 1. The fourth-order valence-electron chi connectivity index (χ4n) is 3.32. The van der Waals surface area contributed by atoms with Crippen LogP contribution in [0.5, 0.6) is 5.75 Å². The minimum atomic E-state index is -0.704. The molecule has 0 spiro atoms. The number of nitrogens with zero attached hydrogens (tertiary/aromatic N) is 2. The largest absolute Gasteiger partial charge is 0.493 e. The van der Waals surface area contributed by atoms with E-state index < -0.39 is 5.54 Å². The summed E-state index contributed by atoms with van der Waals surface area (Å²) in [5.41, 5.74) is 2.04. The van der Waals surface area contributed by atoms with Crippen molar-refractivity contribution >= 4 is 11.6 Å². The molecule has 1 atom stereocenters. The van der Waals surface area contributed by atoms with Gasteiger partial charge in [0.05, 0.1) is 17.7 Å². The molecule has 3 aromatic rings. The summed E-state index contributed by atoms with van der Waals surface area (Å²) in [5, 5.41) is 3.05. The molecule has 6 heteroatoms. The molecule has 0 radical (unpaired) electrons. The number of amides is 1. The summed E-state index contributed by atoms with van der Waals surface area (Å²) in [4.78, 5) is 17.2. The van der Waals surface area contributed by atoms with E-state index in [0.717, 1.165) is 5.69 Å². The van der Waals surface area contributed by atoms with E-state index in [1.165, 1.54) is 12.1 Å². The molecule has 0 fully saturated rings. The fraction of sp³-hybridized carbons (Fsp3) is 0.263. The van der Waals surface area contributed by atoms with Gasteiger partial charge in [0.1, 0.15) is 17.2 Å². The van der Waals surface area contributed by atoms with Crippen LogP contribution in [0.25, 0.3) is 5.65 Å². The minimum absolute atomic E-state index is 0.236. The Kier molecular flexibility index (Phi) is 3.49. The highest BCUT2D eigenvalue weighted by atomic mass is 19.1. The third kappa shape index (κ3) is 2.54. The predicted octanol–water partition coefficient (Wildman–Crippen LogP) is 3.21. The summed E-state index contributed by atoms with van der Waals surface area (Å²) >= 11 is 0. The summed E-state index contributed by atoms with van der Waals surface area (Å²) in [6.45, 7) is 4.31. The SMILES string of the molecule is Cc1ccnc2c(C(=O)NC3(C)CCOc4ccc(F)cc43)ccn12. The van der Waals surface area contributed by atoms with Crippen molar-refractivity contribution in [2.24, 2.45) is 0 Å². The maximum Gasteiger partial charge on any atom is 0.255 e. The second kappa shape index (κ2) is 5.58. The van der Waals surface area contributed by atoms with Crippen molar-refractivity contribution in [2.45, 2.75) is 25.8 Å². The number of carbonyl (C=O) groups is 1. The molecule has 1 amide bonds. The van der Waals surface area contributed by atoms with Crippen LogP contribution >= 0.6 is 0 Å². The van der Waals surface area contributed by atoms with Crippen molar-refractivity contribution in [1.82, 2.24) is 14.7 Å². The highest BCUT2D eigenvalue weighted by Crippen LogP contribution is 2.37. The maximum atomic E-state index is 13.7. The van der Waals surface area contributed by atoms with Crippen molar-refractivity contribution < 1.29 is 13.9 Å². The van der Waals surface area contributed by atoms with Crippen molar-refractivity contribution in [3.63, 3.8) is 0 Å². The Bertz CT molecular complexity index is 982. The number of halogens is 1. The van der Waals surface area contributed by atoms with Crippen LogP contribution in [0.15, 0.2) is 42.7 Å². The van der Waals surface area contributed by atoms with Crippen LogP contribution in [0, 0.1) is 12.7 Å². The molecule has 3 heterocycles. The molecule has 4 rings (SSSR count). The Balaban J connectivity index is 1.71. The zero-order chi connectivity index (χ0) is 17.6. The number of ether oxygens (including phenoxy) is 1. The van der Waals surface area contributed by atoms with Gasteiger partial charge in [0, 0.05) is 30.1 Å². The maximum absolute atomic E-state index is 13.7. The van der Waals surface area contributed by atoms with Gasteiger partial charge in [-0.15, -0.1) is 0 Å². The van der Waals surface area contributed by atoms with Crippen molar-refractivity contribution in [1.29, 1.82) is 0 Å². The van der Waals surface area contributed by atoms with E-state index in [4.69, 9.17) is 4.74 Å². The number of aryl methyl sites for hydroxylation is 1. The Morgan fingerprint density at radius 2 is 2.20 bits per heavy atom. The smallest absolute Gasteiger partial charge is 0.255 e. The first kappa shape index (κ1) is 15.6. The number of hydrogen-bond acceptors (Lipinski definition) is 3. The van der Waals surface area contributed by atoms with Crippen LogP contribution in [0.1, 0.15) is 35.0 Å². The summed E-state index contributed by atoms with van der Waals surface area (Å²) in [5.74, 6) is 0.0164. The average molecular weight is 339 g/mol. The molecule has 1 aliphatic heterocycles. The number of benzene rings is 1. The van der Waals surface area contributed by atoms with Gasteiger partial charge in [-0.25, -0.2) is 9.37 Å². The van der Waals surface area contributed by atoms with Gasteiger partial charge in [-0.2, -0.15) is 0 Å². The standard InChI is InChI=1S/C19H18FN3O2/c1-12-5-8-21-17-14(6-9-23(12)17)18(24)22-19(2)7-10-25-16-4-3-13(20)11-15(16)19/h3-6,8-9,11H,7,10H2,1-2H3,(H,22,24). The number of fused-ring (bicyclic) bond motifs is 2. The summed E-state index contributed by atoms with van der Waals surface area (Å²) in [6, 6.07) is 8.02. The van der Waals surface area contributed by atoms with Crippen LogP contribution in [0.4, 0.5) is 4.39 Å². The highest BCUT2D eigenvalue weighted by Gasteiger charge is 2.36. The van der Waals surface area contributed by atoms with Crippen LogP contribution < -0.4 is 10.1 Å².